The fourth-order valence-electron chi connectivity index (χ4n) is 1.30. The highest BCUT2D eigenvalue weighted by molar-refractivity contribution is 9.10. The van der Waals surface area contributed by atoms with Crippen LogP contribution in [0.3, 0.4) is 0 Å². The molecule has 0 saturated heterocycles. The van der Waals surface area contributed by atoms with Crippen molar-refractivity contribution in [3.63, 3.8) is 0 Å². The lowest BCUT2D eigenvalue weighted by atomic mass is 10.2. The van der Waals surface area contributed by atoms with Crippen LogP contribution in [0.25, 0.3) is 0 Å². The molecule has 0 fully saturated rings. The minimum atomic E-state index is 0.248. The van der Waals surface area contributed by atoms with Gasteiger partial charge in [0, 0.05) is 13.2 Å². The number of rotatable bonds is 7. The van der Waals surface area contributed by atoms with Gasteiger partial charge in [-0.1, -0.05) is 0 Å². The molecule has 0 aliphatic heterocycles. The summed E-state index contributed by atoms with van der Waals surface area (Å²) in [7, 11) is 0. The number of nitrogens with one attached hydrogen (secondary N) is 1. The molecule has 1 heterocycles. The minimum absolute atomic E-state index is 0.248. The molecule has 0 bridgehead atoms. The zero-order valence-electron chi connectivity index (χ0n) is 9.25. The minimum Gasteiger partial charge on any atom is -0.453 e. The van der Waals surface area contributed by atoms with E-state index < -0.39 is 0 Å². The third kappa shape index (κ3) is 4.82. The average Bonchev–Trinajstić information content (AvgIpc) is 2.64. The molecule has 1 aromatic rings. The Balaban J connectivity index is 2.16. The highest BCUT2D eigenvalue weighted by Crippen LogP contribution is 2.19. The Morgan fingerprint density at radius 3 is 2.93 bits per heavy atom. The van der Waals surface area contributed by atoms with Crippen molar-refractivity contribution in [3.8, 4) is 0 Å². The van der Waals surface area contributed by atoms with E-state index in [1.165, 1.54) is 0 Å². The van der Waals surface area contributed by atoms with E-state index in [2.05, 4.69) is 28.2 Å². The second-order valence-electron chi connectivity index (χ2n) is 3.37. The average molecular weight is 276 g/mol. The first kappa shape index (κ1) is 12.7. The Morgan fingerprint density at radius 2 is 2.33 bits per heavy atom. The molecule has 1 unspecified atom stereocenters. The number of furan rings is 1. The van der Waals surface area contributed by atoms with Crippen molar-refractivity contribution in [2.24, 2.45) is 0 Å². The Kier molecular flexibility index (Phi) is 5.98. The van der Waals surface area contributed by atoms with E-state index >= 15 is 0 Å². The van der Waals surface area contributed by atoms with Crippen molar-refractivity contribution in [2.75, 3.05) is 19.8 Å². The lowest BCUT2D eigenvalue weighted by Crippen LogP contribution is -2.20. The number of hydrogen-bond donors (Lipinski definition) is 1. The van der Waals surface area contributed by atoms with Crippen molar-refractivity contribution in [1.29, 1.82) is 0 Å². The lowest BCUT2D eigenvalue weighted by molar-refractivity contribution is 0.144. The van der Waals surface area contributed by atoms with Gasteiger partial charge >= 0.3 is 0 Å². The Hall–Kier alpha value is -0.320. The van der Waals surface area contributed by atoms with Crippen LogP contribution in [0, 0.1) is 0 Å². The maximum Gasteiger partial charge on any atom is 0.169 e. The fourth-order valence-corrected chi connectivity index (χ4v) is 1.62. The van der Waals surface area contributed by atoms with Crippen molar-refractivity contribution in [2.45, 2.75) is 26.3 Å². The van der Waals surface area contributed by atoms with Crippen LogP contribution in [0.4, 0.5) is 0 Å². The summed E-state index contributed by atoms with van der Waals surface area (Å²) in [4.78, 5) is 0. The largest absolute Gasteiger partial charge is 0.453 e. The van der Waals surface area contributed by atoms with Crippen LogP contribution >= 0.6 is 15.9 Å². The zero-order valence-corrected chi connectivity index (χ0v) is 10.8. The summed E-state index contributed by atoms with van der Waals surface area (Å²) >= 11 is 3.29. The lowest BCUT2D eigenvalue weighted by Gasteiger charge is -2.10. The molecule has 86 valence electrons. The van der Waals surface area contributed by atoms with Crippen molar-refractivity contribution < 1.29 is 9.15 Å². The van der Waals surface area contributed by atoms with Crippen LogP contribution in [0.2, 0.25) is 0 Å². The Bertz CT molecular complexity index is 275. The SMILES string of the molecule is CCOCCCNC(C)c1ccc(Br)o1. The van der Waals surface area contributed by atoms with Crippen LogP contribution in [-0.4, -0.2) is 19.8 Å². The summed E-state index contributed by atoms with van der Waals surface area (Å²) in [6.07, 6.45) is 1.03. The van der Waals surface area contributed by atoms with Gasteiger partial charge in [0.1, 0.15) is 5.76 Å². The molecule has 0 aliphatic rings. The number of hydrogen-bond acceptors (Lipinski definition) is 3. The van der Waals surface area contributed by atoms with E-state index in [0.29, 0.717) is 0 Å². The van der Waals surface area contributed by atoms with E-state index in [-0.39, 0.29) is 6.04 Å². The molecule has 0 radical (unpaired) electrons. The maximum absolute atomic E-state index is 5.45. The van der Waals surface area contributed by atoms with E-state index in [1.807, 2.05) is 19.1 Å². The molecule has 1 aromatic heterocycles. The molecular formula is C11H18BrNO2. The highest BCUT2D eigenvalue weighted by Gasteiger charge is 2.08. The van der Waals surface area contributed by atoms with Gasteiger partial charge in [0.15, 0.2) is 4.67 Å². The third-order valence-corrected chi connectivity index (χ3v) is 2.57. The van der Waals surface area contributed by atoms with Gasteiger partial charge in [-0.15, -0.1) is 0 Å². The van der Waals surface area contributed by atoms with Gasteiger partial charge in [-0.05, 0) is 54.9 Å². The molecule has 0 aromatic carbocycles. The molecule has 15 heavy (non-hydrogen) atoms. The van der Waals surface area contributed by atoms with E-state index in [0.717, 1.165) is 36.6 Å². The Morgan fingerprint density at radius 1 is 1.53 bits per heavy atom. The predicted octanol–water partition coefficient (Wildman–Crippen LogP) is 3.12. The summed E-state index contributed by atoms with van der Waals surface area (Å²) in [5.74, 6) is 0.957. The summed E-state index contributed by atoms with van der Waals surface area (Å²) in [5, 5.41) is 3.38. The molecule has 1 atom stereocenters. The third-order valence-electron chi connectivity index (χ3n) is 2.14. The summed E-state index contributed by atoms with van der Waals surface area (Å²) < 4.78 is 11.5. The second kappa shape index (κ2) is 7.04. The highest BCUT2D eigenvalue weighted by atomic mass is 79.9. The summed E-state index contributed by atoms with van der Waals surface area (Å²) in [6.45, 7) is 6.65. The molecule has 0 amide bonds. The van der Waals surface area contributed by atoms with Crippen molar-refractivity contribution in [1.82, 2.24) is 5.32 Å². The number of halogens is 1. The van der Waals surface area contributed by atoms with Gasteiger partial charge in [0.05, 0.1) is 6.04 Å². The first-order valence-corrected chi connectivity index (χ1v) is 6.09. The van der Waals surface area contributed by atoms with Crippen LogP contribution in [0.1, 0.15) is 32.1 Å². The standard InChI is InChI=1S/C11H18BrNO2/c1-3-14-8-4-7-13-9(2)10-5-6-11(12)15-10/h5-6,9,13H,3-4,7-8H2,1-2H3. The van der Waals surface area contributed by atoms with Gasteiger partial charge in [0.25, 0.3) is 0 Å². The molecular weight excluding hydrogens is 258 g/mol. The van der Waals surface area contributed by atoms with Crippen LogP contribution < -0.4 is 5.32 Å². The topological polar surface area (TPSA) is 34.4 Å². The van der Waals surface area contributed by atoms with Gasteiger partial charge in [-0.2, -0.15) is 0 Å². The van der Waals surface area contributed by atoms with Gasteiger partial charge in [-0.3, -0.25) is 0 Å². The smallest absolute Gasteiger partial charge is 0.169 e. The number of ether oxygens (including phenoxy) is 1. The van der Waals surface area contributed by atoms with Crippen molar-refractivity contribution >= 4 is 15.9 Å². The normalized spacial score (nSPS) is 13.0. The molecule has 1 rings (SSSR count). The summed E-state index contributed by atoms with van der Waals surface area (Å²) in [6, 6.07) is 4.13. The van der Waals surface area contributed by atoms with Gasteiger partial charge in [0.2, 0.25) is 0 Å². The molecule has 0 aliphatic carbocycles. The quantitative estimate of drug-likeness (QED) is 0.777. The second-order valence-corrected chi connectivity index (χ2v) is 4.15. The van der Waals surface area contributed by atoms with E-state index in [9.17, 15) is 0 Å². The van der Waals surface area contributed by atoms with Gasteiger partial charge < -0.3 is 14.5 Å². The van der Waals surface area contributed by atoms with Crippen molar-refractivity contribution in [3.05, 3.63) is 22.6 Å². The fraction of sp³-hybridized carbons (Fsp3) is 0.636. The predicted molar refractivity (Wildman–Crippen MR) is 63.9 cm³/mol. The van der Waals surface area contributed by atoms with Gasteiger partial charge in [-0.25, -0.2) is 0 Å². The molecule has 1 N–H and O–H groups in total. The first-order chi connectivity index (χ1) is 7.24. The molecule has 0 saturated carbocycles. The van der Waals surface area contributed by atoms with Crippen LogP contribution in [-0.2, 0) is 4.74 Å². The van der Waals surface area contributed by atoms with E-state index in [1.54, 1.807) is 0 Å². The van der Waals surface area contributed by atoms with Crippen LogP contribution in [0.5, 0.6) is 0 Å². The van der Waals surface area contributed by atoms with E-state index in [4.69, 9.17) is 9.15 Å². The first-order valence-electron chi connectivity index (χ1n) is 5.30. The zero-order chi connectivity index (χ0) is 11.1. The monoisotopic (exact) mass is 275 g/mol. The van der Waals surface area contributed by atoms with Crippen LogP contribution in [0.15, 0.2) is 21.2 Å². The Labute approximate surface area is 99.3 Å². The molecule has 4 heteroatoms. The summed E-state index contributed by atoms with van der Waals surface area (Å²) in [5.41, 5.74) is 0. The maximum atomic E-state index is 5.45. The molecule has 0 spiro atoms. The molecule has 3 nitrogen and oxygen atoms in total.